The number of hydrogen-bond acceptors (Lipinski definition) is 2. The first kappa shape index (κ1) is 19.5. The Labute approximate surface area is 146 Å². The van der Waals surface area contributed by atoms with E-state index in [-0.39, 0.29) is 29.9 Å². The topological polar surface area (TPSA) is 15.3 Å². The summed E-state index contributed by atoms with van der Waals surface area (Å²) in [6.07, 6.45) is -0.500. The van der Waals surface area contributed by atoms with Crippen LogP contribution >= 0.6 is 12.4 Å². The first-order valence-electron chi connectivity index (χ1n) is 8.28. The Morgan fingerprint density at radius 2 is 1.71 bits per heavy atom. The van der Waals surface area contributed by atoms with Crippen molar-refractivity contribution in [3.05, 3.63) is 35.1 Å². The third-order valence-electron chi connectivity index (χ3n) is 5.03. The Kier molecular flexibility index (Phi) is 6.51. The highest BCUT2D eigenvalue weighted by molar-refractivity contribution is 5.85. The lowest BCUT2D eigenvalue weighted by atomic mass is 9.87. The summed E-state index contributed by atoms with van der Waals surface area (Å²) in [5, 5.41) is 3.24. The molecule has 1 atom stereocenters. The van der Waals surface area contributed by atoms with Gasteiger partial charge < -0.3 is 5.32 Å². The summed E-state index contributed by atoms with van der Waals surface area (Å²) in [4.78, 5) is 2.15. The zero-order valence-electron chi connectivity index (χ0n) is 13.4. The Morgan fingerprint density at radius 1 is 1.08 bits per heavy atom. The van der Waals surface area contributed by atoms with Crippen LogP contribution in [0, 0.1) is 11.7 Å². The van der Waals surface area contributed by atoms with Crippen LogP contribution in [0.4, 0.5) is 17.6 Å². The molecule has 2 fully saturated rings. The summed E-state index contributed by atoms with van der Waals surface area (Å²) < 4.78 is 53.8. The summed E-state index contributed by atoms with van der Waals surface area (Å²) in [6, 6.07) is 2.90. The number of halogens is 5. The summed E-state index contributed by atoms with van der Waals surface area (Å²) in [7, 11) is 0. The number of alkyl halides is 3. The minimum atomic E-state index is -4.53. The molecule has 1 aromatic rings. The summed E-state index contributed by atoms with van der Waals surface area (Å²) in [5.41, 5.74) is -0.569. The molecule has 3 rings (SSSR count). The third-order valence-corrected chi connectivity index (χ3v) is 5.03. The largest absolute Gasteiger partial charge is 0.416 e. The average molecular weight is 367 g/mol. The molecule has 2 aliphatic rings. The lowest BCUT2D eigenvalue weighted by Crippen LogP contribution is -2.47. The van der Waals surface area contributed by atoms with Gasteiger partial charge in [0.05, 0.1) is 5.56 Å². The van der Waals surface area contributed by atoms with E-state index in [0.717, 1.165) is 57.9 Å². The maximum Gasteiger partial charge on any atom is 0.416 e. The standard InChI is InChI=1S/C17H22F4N2.ClH/c18-13-5-6-14(15(11-13)17(19,20)21)16(12-3-1-2-4-12)23-9-7-22-8-10-23;/h5-6,11-12,16,22H,1-4,7-10H2;1H/t16-;/m1./s1. The minimum absolute atomic E-state index is 0. The van der Waals surface area contributed by atoms with Gasteiger partial charge in [-0.25, -0.2) is 4.39 Å². The van der Waals surface area contributed by atoms with Crippen molar-refractivity contribution in [3.8, 4) is 0 Å². The number of hydrogen-bond donors (Lipinski definition) is 1. The van der Waals surface area contributed by atoms with Gasteiger partial charge >= 0.3 is 6.18 Å². The predicted molar refractivity (Wildman–Crippen MR) is 87.8 cm³/mol. The molecule has 0 amide bonds. The molecule has 0 aromatic heterocycles. The molecular formula is C17H23ClF4N2. The normalized spacial score (nSPS) is 21.5. The molecule has 136 valence electrons. The lowest BCUT2D eigenvalue weighted by molar-refractivity contribution is -0.139. The van der Waals surface area contributed by atoms with Crippen molar-refractivity contribution < 1.29 is 17.6 Å². The predicted octanol–water partition coefficient (Wildman–Crippen LogP) is 4.40. The summed E-state index contributed by atoms with van der Waals surface area (Å²) in [5.74, 6) is -0.605. The van der Waals surface area contributed by atoms with Crippen LogP contribution in [0.25, 0.3) is 0 Å². The third kappa shape index (κ3) is 4.21. The van der Waals surface area contributed by atoms with Gasteiger partial charge in [-0.1, -0.05) is 18.9 Å². The Morgan fingerprint density at radius 3 is 2.29 bits per heavy atom. The van der Waals surface area contributed by atoms with Crippen molar-refractivity contribution in [2.45, 2.75) is 37.9 Å². The second-order valence-corrected chi connectivity index (χ2v) is 6.50. The van der Waals surface area contributed by atoms with Crippen molar-refractivity contribution in [3.63, 3.8) is 0 Å². The van der Waals surface area contributed by atoms with E-state index in [0.29, 0.717) is 6.07 Å². The van der Waals surface area contributed by atoms with E-state index in [1.165, 1.54) is 6.07 Å². The first-order chi connectivity index (χ1) is 11.0. The minimum Gasteiger partial charge on any atom is -0.314 e. The zero-order chi connectivity index (χ0) is 16.4. The quantitative estimate of drug-likeness (QED) is 0.797. The Bertz CT molecular complexity index is 538. The maximum atomic E-state index is 13.4. The SMILES string of the molecule is Cl.Fc1ccc([C@@H](C2CCCC2)N2CCNCC2)c(C(F)(F)F)c1. The van der Waals surface area contributed by atoms with E-state index in [4.69, 9.17) is 0 Å². The molecule has 1 aliphatic heterocycles. The summed E-state index contributed by atoms with van der Waals surface area (Å²) >= 11 is 0. The van der Waals surface area contributed by atoms with Gasteiger partial charge in [-0.3, -0.25) is 4.90 Å². The number of piperazine rings is 1. The monoisotopic (exact) mass is 366 g/mol. The molecule has 1 aromatic carbocycles. The summed E-state index contributed by atoms with van der Waals surface area (Å²) in [6.45, 7) is 3.03. The highest BCUT2D eigenvalue weighted by Gasteiger charge is 2.40. The van der Waals surface area contributed by atoms with Gasteiger partial charge in [0.2, 0.25) is 0 Å². The van der Waals surface area contributed by atoms with Crippen molar-refractivity contribution in [2.24, 2.45) is 5.92 Å². The van der Waals surface area contributed by atoms with E-state index in [1.54, 1.807) is 0 Å². The van der Waals surface area contributed by atoms with Crippen LogP contribution in [-0.2, 0) is 6.18 Å². The fourth-order valence-electron chi connectivity index (χ4n) is 4.01. The van der Waals surface area contributed by atoms with E-state index in [9.17, 15) is 17.6 Å². The fraction of sp³-hybridized carbons (Fsp3) is 0.647. The van der Waals surface area contributed by atoms with Gasteiger partial charge in [0, 0.05) is 32.2 Å². The first-order valence-corrected chi connectivity index (χ1v) is 8.28. The maximum absolute atomic E-state index is 13.4. The highest BCUT2D eigenvalue weighted by Crippen LogP contribution is 2.44. The van der Waals surface area contributed by atoms with Crippen LogP contribution in [0.1, 0.15) is 42.9 Å². The van der Waals surface area contributed by atoms with Crippen LogP contribution in [0.2, 0.25) is 0 Å². The molecule has 2 nitrogen and oxygen atoms in total. The Balaban J connectivity index is 0.00000208. The van der Waals surface area contributed by atoms with Gasteiger partial charge in [0.25, 0.3) is 0 Å². The van der Waals surface area contributed by atoms with E-state index in [2.05, 4.69) is 10.2 Å². The van der Waals surface area contributed by atoms with Crippen molar-refractivity contribution in [2.75, 3.05) is 26.2 Å². The number of nitrogens with one attached hydrogen (secondary N) is 1. The lowest BCUT2D eigenvalue weighted by Gasteiger charge is -2.39. The van der Waals surface area contributed by atoms with Crippen LogP contribution < -0.4 is 5.32 Å². The van der Waals surface area contributed by atoms with Gasteiger partial charge in [0.15, 0.2) is 0 Å². The second kappa shape index (κ2) is 8.02. The number of nitrogens with zero attached hydrogens (tertiary/aromatic N) is 1. The second-order valence-electron chi connectivity index (χ2n) is 6.50. The van der Waals surface area contributed by atoms with Gasteiger partial charge in [-0.15, -0.1) is 12.4 Å². The molecule has 24 heavy (non-hydrogen) atoms. The van der Waals surface area contributed by atoms with Crippen LogP contribution in [0.5, 0.6) is 0 Å². The van der Waals surface area contributed by atoms with Crippen molar-refractivity contribution in [1.29, 1.82) is 0 Å². The highest BCUT2D eigenvalue weighted by atomic mass is 35.5. The molecule has 1 saturated heterocycles. The molecule has 0 unspecified atom stereocenters. The van der Waals surface area contributed by atoms with E-state index >= 15 is 0 Å². The molecule has 1 saturated carbocycles. The molecule has 0 spiro atoms. The molecule has 0 radical (unpaired) electrons. The van der Waals surface area contributed by atoms with Gasteiger partial charge in [-0.2, -0.15) is 13.2 Å². The zero-order valence-corrected chi connectivity index (χ0v) is 14.2. The van der Waals surface area contributed by atoms with Gasteiger partial charge in [-0.05, 0) is 36.5 Å². The molecular weight excluding hydrogens is 344 g/mol. The van der Waals surface area contributed by atoms with Crippen molar-refractivity contribution in [1.82, 2.24) is 10.2 Å². The average Bonchev–Trinajstić information content (AvgIpc) is 3.03. The molecule has 1 heterocycles. The van der Waals surface area contributed by atoms with E-state index < -0.39 is 17.6 Å². The molecule has 0 bridgehead atoms. The smallest absolute Gasteiger partial charge is 0.314 e. The molecule has 7 heteroatoms. The van der Waals surface area contributed by atoms with Crippen molar-refractivity contribution >= 4 is 12.4 Å². The molecule has 1 aliphatic carbocycles. The van der Waals surface area contributed by atoms with E-state index in [1.807, 2.05) is 0 Å². The van der Waals surface area contributed by atoms with Crippen LogP contribution in [0.3, 0.4) is 0 Å². The van der Waals surface area contributed by atoms with Crippen LogP contribution in [-0.4, -0.2) is 31.1 Å². The van der Waals surface area contributed by atoms with Gasteiger partial charge in [0.1, 0.15) is 5.82 Å². The fourth-order valence-corrected chi connectivity index (χ4v) is 4.01. The number of benzene rings is 1. The Hall–Kier alpha value is -0.850. The van der Waals surface area contributed by atoms with Crippen LogP contribution in [0.15, 0.2) is 18.2 Å². The number of rotatable bonds is 3. The molecule has 1 N–H and O–H groups in total.